The van der Waals surface area contributed by atoms with Crippen molar-refractivity contribution in [3.05, 3.63) is 48.2 Å². The van der Waals surface area contributed by atoms with Crippen LogP contribution in [0.4, 0.5) is 0 Å². The summed E-state index contributed by atoms with van der Waals surface area (Å²) in [6.45, 7) is 4.33. The second-order valence-corrected chi connectivity index (χ2v) is 4.14. The number of aromatic hydroxyl groups is 1. The summed E-state index contributed by atoms with van der Waals surface area (Å²) >= 11 is 0. The van der Waals surface area contributed by atoms with Gasteiger partial charge in [0, 0.05) is 5.56 Å². The van der Waals surface area contributed by atoms with Crippen LogP contribution in [0.25, 0.3) is 11.3 Å². The fraction of sp³-hybridized carbons (Fsp3) is 0.214. The van der Waals surface area contributed by atoms with Gasteiger partial charge in [-0.25, -0.2) is 0 Å². The highest BCUT2D eigenvalue weighted by Gasteiger charge is 2.08. The number of pyridine rings is 1. The van der Waals surface area contributed by atoms with E-state index in [4.69, 9.17) is 0 Å². The first kappa shape index (κ1) is 10.7. The molecule has 2 nitrogen and oxygen atoms in total. The highest BCUT2D eigenvalue weighted by molar-refractivity contribution is 5.64. The molecule has 0 spiro atoms. The smallest absolute Gasteiger partial charge is 0.133 e. The Kier molecular flexibility index (Phi) is 2.91. The highest BCUT2D eigenvalue weighted by Crippen LogP contribution is 2.28. The van der Waals surface area contributed by atoms with Crippen LogP contribution in [0.5, 0.6) is 5.75 Å². The summed E-state index contributed by atoms with van der Waals surface area (Å²) < 4.78 is 0. The summed E-state index contributed by atoms with van der Waals surface area (Å²) in [5.41, 5.74) is 3.32. The molecule has 1 N–H and O–H groups in total. The molecule has 2 rings (SSSR count). The van der Waals surface area contributed by atoms with Gasteiger partial charge in [0.1, 0.15) is 5.75 Å². The first-order valence-corrected chi connectivity index (χ1v) is 5.43. The second-order valence-electron chi connectivity index (χ2n) is 4.14. The second kappa shape index (κ2) is 4.35. The number of hydrogen-bond donors (Lipinski definition) is 1. The third-order valence-electron chi connectivity index (χ3n) is 2.61. The standard InChI is InChI=1S/C14H15NO/c1-10(2)12-5-3-4-6-13(12)14-8-7-11(16)9-15-14/h3-10,16H,1-2H3. The molecule has 0 radical (unpaired) electrons. The topological polar surface area (TPSA) is 33.1 Å². The van der Waals surface area contributed by atoms with Crippen molar-refractivity contribution in [2.45, 2.75) is 19.8 Å². The predicted molar refractivity (Wildman–Crippen MR) is 65.4 cm³/mol. The monoisotopic (exact) mass is 213 g/mol. The van der Waals surface area contributed by atoms with Crippen LogP contribution in [-0.2, 0) is 0 Å². The van der Waals surface area contributed by atoms with Gasteiger partial charge in [0.25, 0.3) is 0 Å². The maximum Gasteiger partial charge on any atom is 0.133 e. The summed E-state index contributed by atoms with van der Waals surface area (Å²) in [5.74, 6) is 0.664. The van der Waals surface area contributed by atoms with Crippen LogP contribution in [-0.4, -0.2) is 10.1 Å². The number of benzene rings is 1. The molecule has 1 aromatic carbocycles. The Hall–Kier alpha value is -1.83. The molecule has 0 aliphatic carbocycles. The lowest BCUT2D eigenvalue weighted by Gasteiger charge is -2.11. The van der Waals surface area contributed by atoms with Crippen LogP contribution in [0, 0.1) is 0 Å². The van der Waals surface area contributed by atoms with Gasteiger partial charge in [-0.15, -0.1) is 0 Å². The van der Waals surface area contributed by atoms with E-state index >= 15 is 0 Å². The molecule has 16 heavy (non-hydrogen) atoms. The third kappa shape index (κ3) is 2.06. The Morgan fingerprint density at radius 1 is 1.06 bits per heavy atom. The van der Waals surface area contributed by atoms with Gasteiger partial charge in [-0.3, -0.25) is 4.98 Å². The zero-order valence-electron chi connectivity index (χ0n) is 9.51. The number of rotatable bonds is 2. The molecular weight excluding hydrogens is 198 g/mol. The van der Waals surface area contributed by atoms with Gasteiger partial charge in [-0.2, -0.15) is 0 Å². The minimum Gasteiger partial charge on any atom is -0.506 e. The fourth-order valence-electron chi connectivity index (χ4n) is 1.78. The van der Waals surface area contributed by atoms with Crippen LogP contribution in [0.2, 0.25) is 0 Å². The van der Waals surface area contributed by atoms with E-state index in [-0.39, 0.29) is 5.75 Å². The van der Waals surface area contributed by atoms with Crippen molar-refractivity contribution in [1.29, 1.82) is 0 Å². The van der Waals surface area contributed by atoms with Gasteiger partial charge >= 0.3 is 0 Å². The normalized spacial score (nSPS) is 10.7. The maximum atomic E-state index is 9.22. The lowest BCUT2D eigenvalue weighted by atomic mass is 9.95. The van der Waals surface area contributed by atoms with Crippen molar-refractivity contribution in [3.63, 3.8) is 0 Å². The molecule has 0 aliphatic heterocycles. The van der Waals surface area contributed by atoms with Crippen LogP contribution < -0.4 is 0 Å². The number of aromatic nitrogens is 1. The summed E-state index contributed by atoms with van der Waals surface area (Å²) in [6.07, 6.45) is 1.48. The molecule has 0 unspecified atom stereocenters. The molecule has 2 heteroatoms. The fourth-order valence-corrected chi connectivity index (χ4v) is 1.78. The first-order chi connectivity index (χ1) is 7.68. The molecule has 1 heterocycles. The van der Waals surface area contributed by atoms with Gasteiger partial charge in [0.15, 0.2) is 0 Å². The Labute approximate surface area is 95.6 Å². The van der Waals surface area contributed by atoms with E-state index in [1.165, 1.54) is 11.8 Å². The van der Waals surface area contributed by atoms with E-state index in [0.29, 0.717) is 5.92 Å². The molecule has 0 amide bonds. The molecule has 0 saturated heterocycles. The molecule has 0 atom stereocenters. The van der Waals surface area contributed by atoms with Crippen molar-refractivity contribution in [3.8, 4) is 17.0 Å². The van der Waals surface area contributed by atoms with Gasteiger partial charge in [-0.1, -0.05) is 38.1 Å². The van der Waals surface area contributed by atoms with E-state index in [2.05, 4.69) is 31.0 Å². The van der Waals surface area contributed by atoms with Crippen molar-refractivity contribution in [1.82, 2.24) is 4.98 Å². The lowest BCUT2D eigenvalue weighted by molar-refractivity contribution is 0.473. The zero-order chi connectivity index (χ0) is 11.5. The highest BCUT2D eigenvalue weighted by atomic mass is 16.3. The van der Waals surface area contributed by atoms with E-state index in [1.807, 2.05) is 18.2 Å². The largest absolute Gasteiger partial charge is 0.506 e. The molecule has 0 saturated carbocycles. The van der Waals surface area contributed by atoms with Gasteiger partial charge in [0.05, 0.1) is 11.9 Å². The minimum absolute atomic E-state index is 0.200. The van der Waals surface area contributed by atoms with Crippen molar-refractivity contribution >= 4 is 0 Å². The summed E-state index contributed by atoms with van der Waals surface area (Å²) in [6, 6.07) is 11.7. The Bertz CT molecular complexity index is 474. The number of nitrogens with zero attached hydrogens (tertiary/aromatic N) is 1. The number of hydrogen-bond acceptors (Lipinski definition) is 2. The van der Waals surface area contributed by atoms with E-state index in [1.54, 1.807) is 6.07 Å². The quantitative estimate of drug-likeness (QED) is 0.827. The van der Waals surface area contributed by atoms with E-state index in [9.17, 15) is 5.11 Å². The average Bonchev–Trinajstić information content (AvgIpc) is 2.30. The Balaban J connectivity index is 2.51. The summed E-state index contributed by atoms with van der Waals surface area (Å²) in [4.78, 5) is 4.24. The molecule has 2 aromatic rings. The average molecular weight is 213 g/mol. The van der Waals surface area contributed by atoms with Crippen LogP contribution in [0.15, 0.2) is 42.6 Å². The van der Waals surface area contributed by atoms with E-state index < -0.39 is 0 Å². The molecular formula is C14H15NO. The third-order valence-corrected chi connectivity index (χ3v) is 2.61. The molecule has 0 aliphatic rings. The SMILES string of the molecule is CC(C)c1ccccc1-c1ccc(O)cn1. The minimum atomic E-state index is 0.200. The predicted octanol–water partition coefficient (Wildman–Crippen LogP) is 3.58. The molecule has 82 valence electrons. The zero-order valence-corrected chi connectivity index (χ0v) is 9.51. The van der Waals surface area contributed by atoms with Gasteiger partial charge < -0.3 is 5.11 Å². The Morgan fingerprint density at radius 3 is 2.44 bits per heavy atom. The summed E-state index contributed by atoms with van der Waals surface area (Å²) in [5, 5.41) is 9.22. The van der Waals surface area contributed by atoms with Gasteiger partial charge in [-0.05, 0) is 23.6 Å². The maximum absolute atomic E-state index is 9.22. The lowest BCUT2D eigenvalue weighted by Crippen LogP contribution is -1.93. The molecule has 0 fully saturated rings. The van der Waals surface area contributed by atoms with Crippen LogP contribution in [0.1, 0.15) is 25.3 Å². The van der Waals surface area contributed by atoms with Crippen molar-refractivity contribution < 1.29 is 5.11 Å². The van der Waals surface area contributed by atoms with Crippen LogP contribution in [0.3, 0.4) is 0 Å². The van der Waals surface area contributed by atoms with Crippen molar-refractivity contribution in [2.75, 3.05) is 0 Å². The molecule has 1 aromatic heterocycles. The van der Waals surface area contributed by atoms with Gasteiger partial charge in [0.2, 0.25) is 0 Å². The first-order valence-electron chi connectivity index (χ1n) is 5.43. The summed E-state index contributed by atoms with van der Waals surface area (Å²) in [7, 11) is 0. The van der Waals surface area contributed by atoms with Crippen molar-refractivity contribution in [2.24, 2.45) is 0 Å². The Morgan fingerprint density at radius 2 is 1.81 bits per heavy atom. The molecule has 0 bridgehead atoms. The van der Waals surface area contributed by atoms with Crippen LogP contribution >= 0.6 is 0 Å². The van der Waals surface area contributed by atoms with E-state index in [0.717, 1.165) is 11.3 Å².